The number of ether oxygens (including phenoxy) is 1. The third-order valence-electron chi connectivity index (χ3n) is 1.55. The van der Waals surface area contributed by atoms with Crippen LogP contribution in [0.3, 0.4) is 0 Å². The summed E-state index contributed by atoms with van der Waals surface area (Å²) in [5, 5.41) is 9.77. The van der Waals surface area contributed by atoms with Gasteiger partial charge in [-0.1, -0.05) is 23.2 Å². The largest absolute Gasteiger partial charge is 0.505 e. The lowest BCUT2D eigenvalue weighted by Gasteiger charge is -2.08. The van der Waals surface area contributed by atoms with Crippen molar-refractivity contribution in [3.63, 3.8) is 0 Å². The highest BCUT2D eigenvalue weighted by Gasteiger charge is 2.12. The fourth-order valence-corrected chi connectivity index (χ4v) is 1.30. The van der Waals surface area contributed by atoms with Gasteiger partial charge in [-0.05, 0) is 18.6 Å². The molecule has 66 valence electrons. The first kappa shape index (κ1) is 9.49. The van der Waals surface area contributed by atoms with Crippen LogP contribution in [0.4, 0.5) is 0 Å². The first-order chi connectivity index (χ1) is 5.57. The van der Waals surface area contributed by atoms with Gasteiger partial charge in [0, 0.05) is 0 Å². The number of aromatic hydroxyl groups is 1. The van der Waals surface area contributed by atoms with Crippen molar-refractivity contribution in [3.8, 4) is 11.5 Å². The third kappa shape index (κ3) is 1.45. The van der Waals surface area contributed by atoms with E-state index >= 15 is 0 Å². The maximum Gasteiger partial charge on any atom is 0.156 e. The van der Waals surface area contributed by atoms with E-state index in [0.29, 0.717) is 5.75 Å². The van der Waals surface area contributed by atoms with E-state index < -0.39 is 0 Å². The van der Waals surface area contributed by atoms with Gasteiger partial charge in [-0.25, -0.2) is 0 Å². The van der Waals surface area contributed by atoms with Crippen molar-refractivity contribution in [2.75, 3.05) is 7.11 Å². The highest BCUT2D eigenvalue weighted by Crippen LogP contribution is 2.40. The van der Waals surface area contributed by atoms with Crippen LogP contribution < -0.4 is 4.74 Å². The van der Waals surface area contributed by atoms with Crippen molar-refractivity contribution in [2.24, 2.45) is 0 Å². The molecule has 0 aliphatic carbocycles. The van der Waals surface area contributed by atoms with Crippen LogP contribution in [0.25, 0.3) is 0 Å². The minimum atomic E-state index is -0.129. The molecular weight excluding hydrogens is 199 g/mol. The molecule has 1 rings (SSSR count). The van der Waals surface area contributed by atoms with E-state index in [1.54, 1.807) is 13.0 Å². The molecule has 1 aromatic carbocycles. The summed E-state index contributed by atoms with van der Waals surface area (Å²) >= 11 is 11.4. The summed E-state index contributed by atoms with van der Waals surface area (Å²) < 4.78 is 4.91. The predicted molar refractivity (Wildman–Crippen MR) is 49.4 cm³/mol. The average molecular weight is 207 g/mol. The molecule has 4 heteroatoms. The van der Waals surface area contributed by atoms with E-state index in [9.17, 15) is 5.11 Å². The van der Waals surface area contributed by atoms with Gasteiger partial charge in [0.1, 0.15) is 10.8 Å². The number of methoxy groups -OCH3 is 1. The Morgan fingerprint density at radius 3 is 2.42 bits per heavy atom. The zero-order valence-corrected chi connectivity index (χ0v) is 8.20. The molecule has 0 aromatic heterocycles. The molecule has 12 heavy (non-hydrogen) atoms. The number of phenols is 1. The van der Waals surface area contributed by atoms with Gasteiger partial charge in [-0.15, -0.1) is 0 Å². The average Bonchev–Trinajstić information content (AvgIpc) is 2.08. The quantitative estimate of drug-likeness (QED) is 0.766. The first-order valence-corrected chi connectivity index (χ1v) is 4.05. The number of hydrogen-bond donors (Lipinski definition) is 1. The Bertz CT molecular complexity index is 310. The molecule has 1 aromatic rings. The maximum atomic E-state index is 9.36. The molecule has 0 atom stereocenters. The smallest absolute Gasteiger partial charge is 0.156 e. The van der Waals surface area contributed by atoms with E-state index in [2.05, 4.69) is 0 Å². The molecule has 0 saturated heterocycles. The molecule has 1 N–H and O–H groups in total. The summed E-state index contributed by atoms with van der Waals surface area (Å²) in [6.45, 7) is 1.76. The van der Waals surface area contributed by atoms with Crippen LogP contribution in [0.15, 0.2) is 6.07 Å². The summed E-state index contributed by atoms with van der Waals surface area (Å²) in [6.07, 6.45) is 0. The van der Waals surface area contributed by atoms with Crippen LogP contribution in [0.5, 0.6) is 11.5 Å². The fraction of sp³-hybridized carbons (Fsp3) is 0.250. The Hall–Kier alpha value is -0.600. The SMILES string of the molecule is COc1cc(C)c(Cl)c(O)c1Cl. The molecular formula is C8H8Cl2O2. The normalized spacial score (nSPS) is 10.0. The second kappa shape index (κ2) is 3.42. The number of hydrogen-bond acceptors (Lipinski definition) is 2. The molecule has 0 unspecified atom stereocenters. The number of phenolic OH excluding ortho intramolecular Hbond substituents is 1. The Morgan fingerprint density at radius 1 is 1.33 bits per heavy atom. The van der Waals surface area contributed by atoms with Crippen LogP contribution in [0, 0.1) is 6.92 Å². The molecule has 0 radical (unpaired) electrons. The first-order valence-electron chi connectivity index (χ1n) is 3.29. The lowest BCUT2D eigenvalue weighted by molar-refractivity contribution is 0.407. The van der Waals surface area contributed by atoms with Gasteiger partial charge in [-0.2, -0.15) is 0 Å². The van der Waals surface area contributed by atoms with Crippen molar-refractivity contribution >= 4 is 23.2 Å². The summed E-state index contributed by atoms with van der Waals surface area (Å²) in [5.41, 5.74) is 0.732. The third-order valence-corrected chi connectivity index (χ3v) is 2.39. The van der Waals surface area contributed by atoms with E-state index in [0.717, 1.165) is 5.56 Å². The lowest BCUT2D eigenvalue weighted by atomic mass is 10.2. The van der Waals surface area contributed by atoms with E-state index in [1.807, 2.05) is 0 Å². The topological polar surface area (TPSA) is 29.5 Å². The highest BCUT2D eigenvalue weighted by atomic mass is 35.5. The minimum Gasteiger partial charge on any atom is -0.505 e. The van der Waals surface area contributed by atoms with Gasteiger partial charge in [0.25, 0.3) is 0 Å². The van der Waals surface area contributed by atoms with Crippen LogP contribution in [-0.4, -0.2) is 12.2 Å². The Labute approximate surface area is 80.7 Å². The molecule has 0 aliphatic heterocycles. The molecule has 0 saturated carbocycles. The van der Waals surface area contributed by atoms with Gasteiger partial charge >= 0.3 is 0 Å². The van der Waals surface area contributed by atoms with E-state index in [1.165, 1.54) is 7.11 Å². The number of benzene rings is 1. The van der Waals surface area contributed by atoms with E-state index in [4.69, 9.17) is 27.9 Å². The molecule has 0 bridgehead atoms. The highest BCUT2D eigenvalue weighted by molar-refractivity contribution is 6.38. The van der Waals surface area contributed by atoms with Crippen LogP contribution >= 0.6 is 23.2 Å². The van der Waals surface area contributed by atoms with E-state index in [-0.39, 0.29) is 15.8 Å². The van der Waals surface area contributed by atoms with Crippen molar-refractivity contribution < 1.29 is 9.84 Å². The molecule has 0 fully saturated rings. The predicted octanol–water partition coefficient (Wildman–Crippen LogP) is 3.02. The second-order valence-corrected chi connectivity index (χ2v) is 3.13. The summed E-state index contributed by atoms with van der Waals surface area (Å²) in [6, 6.07) is 1.67. The number of aryl methyl sites for hydroxylation is 1. The minimum absolute atomic E-state index is 0.129. The molecule has 0 amide bonds. The van der Waals surface area contributed by atoms with Gasteiger partial charge in [0.2, 0.25) is 0 Å². The Morgan fingerprint density at radius 2 is 1.92 bits per heavy atom. The molecule has 0 aliphatic rings. The summed E-state index contributed by atoms with van der Waals surface area (Å²) in [4.78, 5) is 0. The zero-order valence-electron chi connectivity index (χ0n) is 6.69. The zero-order chi connectivity index (χ0) is 9.30. The maximum absolute atomic E-state index is 9.36. The monoisotopic (exact) mass is 206 g/mol. The van der Waals surface area contributed by atoms with Gasteiger partial charge in [0.15, 0.2) is 5.75 Å². The molecule has 0 heterocycles. The second-order valence-electron chi connectivity index (χ2n) is 2.37. The van der Waals surface area contributed by atoms with Crippen molar-refractivity contribution in [2.45, 2.75) is 6.92 Å². The summed E-state index contributed by atoms with van der Waals surface area (Å²) in [7, 11) is 1.48. The van der Waals surface area contributed by atoms with Crippen molar-refractivity contribution in [1.82, 2.24) is 0 Å². The van der Waals surface area contributed by atoms with Crippen molar-refractivity contribution in [3.05, 3.63) is 21.7 Å². The van der Waals surface area contributed by atoms with Crippen LogP contribution in [0.1, 0.15) is 5.56 Å². The number of halogens is 2. The van der Waals surface area contributed by atoms with Gasteiger partial charge in [-0.3, -0.25) is 0 Å². The molecule has 0 spiro atoms. The van der Waals surface area contributed by atoms with Gasteiger partial charge in [0.05, 0.1) is 12.1 Å². The lowest BCUT2D eigenvalue weighted by Crippen LogP contribution is -1.87. The van der Waals surface area contributed by atoms with Crippen molar-refractivity contribution in [1.29, 1.82) is 0 Å². The number of rotatable bonds is 1. The van der Waals surface area contributed by atoms with Crippen LogP contribution in [-0.2, 0) is 0 Å². The summed E-state index contributed by atoms with van der Waals surface area (Å²) in [5.74, 6) is 0.297. The Kier molecular flexibility index (Phi) is 2.70. The van der Waals surface area contributed by atoms with Crippen LogP contribution in [0.2, 0.25) is 10.0 Å². The van der Waals surface area contributed by atoms with Gasteiger partial charge < -0.3 is 9.84 Å². The fourth-order valence-electron chi connectivity index (χ4n) is 0.872. The Balaban J connectivity index is 3.39. The standard InChI is InChI=1S/C8H8Cl2O2/c1-4-3-5(12-2)7(10)8(11)6(4)9/h3,11H,1-2H3. The molecule has 2 nitrogen and oxygen atoms in total.